The lowest BCUT2D eigenvalue weighted by atomic mass is 10.2. The van der Waals surface area contributed by atoms with E-state index in [9.17, 15) is 4.79 Å². The second-order valence-electron chi connectivity index (χ2n) is 3.71. The predicted molar refractivity (Wildman–Crippen MR) is 68.9 cm³/mol. The monoisotopic (exact) mass is 284 g/mol. The highest BCUT2D eigenvalue weighted by molar-refractivity contribution is 6.39. The Labute approximate surface area is 114 Å². The molecule has 0 fully saturated rings. The van der Waals surface area contributed by atoms with E-state index in [0.717, 1.165) is 5.69 Å². The standard InChI is InChI=1S/C12H10Cl2N2O2/c1-7-5-8(18-16-7)6-15-12(17)11-9(13)3-2-4-10(11)14/h2-5H,6H2,1H3,(H,15,17). The first-order valence-corrected chi connectivity index (χ1v) is 5.98. The van der Waals surface area contributed by atoms with E-state index < -0.39 is 0 Å². The van der Waals surface area contributed by atoms with Crippen LogP contribution in [0.1, 0.15) is 21.8 Å². The number of carbonyl (C=O) groups excluding carboxylic acids is 1. The first-order chi connectivity index (χ1) is 8.58. The molecule has 0 aliphatic carbocycles. The molecule has 2 rings (SSSR count). The smallest absolute Gasteiger partial charge is 0.254 e. The Morgan fingerprint density at radius 2 is 2.06 bits per heavy atom. The Morgan fingerprint density at radius 1 is 1.39 bits per heavy atom. The summed E-state index contributed by atoms with van der Waals surface area (Å²) in [5.41, 5.74) is 1.02. The summed E-state index contributed by atoms with van der Waals surface area (Å²) in [7, 11) is 0. The van der Waals surface area contributed by atoms with Crippen LogP contribution >= 0.6 is 23.2 Å². The molecule has 0 saturated carbocycles. The fraction of sp³-hybridized carbons (Fsp3) is 0.167. The van der Waals surface area contributed by atoms with Crippen LogP contribution in [0.5, 0.6) is 0 Å². The second-order valence-corrected chi connectivity index (χ2v) is 4.53. The third kappa shape index (κ3) is 2.83. The Kier molecular flexibility index (Phi) is 3.89. The van der Waals surface area contributed by atoms with Crippen LogP contribution in [-0.2, 0) is 6.54 Å². The molecule has 0 spiro atoms. The van der Waals surface area contributed by atoms with Crippen LogP contribution < -0.4 is 5.32 Å². The van der Waals surface area contributed by atoms with Crippen LogP contribution in [0.2, 0.25) is 10.0 Å². The molecule has 1 aromatic heterocycles. The minimum atomic E-state index is -0.348. The van der Waals surface area contributed by atoms with Gasteiger partial charge in [0.25, 0.3) is 5.91 Å². The fourth-order valence-electron chi connectivity index (χ4n) is 1.47. The lowest BCUT2D eigenvalue weighted by molar-refractivity contribution is 0.0947. The van der Waals surface area contributed by atoms with Gasteiger partial charge in [0.15, 0.2) is 5.76 Å². The number of amides is 1. The summed E-state index contributed by atoms with van der Waals surface area (Å²) in [4.78, 5) is 11.9. The minimum absolute atomic E-state index is 0.237. The zero-order chi connectivity index (χ0) is 13.1. The van der Waals surface area contributed by atoms with Gasteiger partial charge in [-0.3, -0.25) is 4.79 Å². The van der Waals surface area contributed by atoms with Gasteiger partial charge in [-0.05, 0) is 19.1 Å². The maximum atomic E-state index is 11.9. The highest BCUT2D eigenvalue weighted by Gasteiger charge is 2.14. The normalized spacial score (nSPS) is 10.4. The molecule has 0 aliphatic rings. The summed E-state index contributed by atoms with van der Waals surface area (Å²) in [5, 5.41) is 7.02. The number of hydrogen-bond acceptors (Lipinski definition) is 3. The Balaban J connectivity index is 2.08. The van der Waals surface area contributed by atoms with Crippen molar-refractivity contribution in [3.05, 3.63) is 51.3 Å². The van der Waals surface area contributed by atoms with Gasteiger partial charge in [-0.2, -0.15) is 0 Å². The average molecular weight is 285 g/mol. The van der Waals surface area contributed by atoms with Gasteiger partial charge in [0.1, 0.15) is 0 Å². The number of carbonyl (C=O) groups is 1. The first-order valence-electron chi connectivity index (χ1n) is 5.22. The van der Waals surface area contributed by atoms with E-state index in [4.69, 9.17) is 27.7 Å². The van der Waals surface area contributed by atoms with Crippen molar-refractivity contribution in [3.63, 3.8) is 0 Å². The molecular weight excluding hydrogens is 275 g/mol. The average Bonchev–Trinajstić information content (AvgIpc) is 2.72. The molecule has 0 saturated heterocycles. The maximum Gasteiger partial charge on any atom is 0.254 e. The number of aromatic nitrogens is 1. The Morgan fingerprint density at radius 3 is 2.61 bits per heavy atom. The maximum absolute atomic E-state index is 11.9. The number of aryl methyl sites for hydroxylation is 1. The molecule has 1 amide bonds. The molecule has 94 valence electrons. The van der Waals surface area contributed by atoms with Gasteiger partial charge in [0.05, 0.1) is 27.8 Å². The van der Waals surface area contributed by atoms with Crippen LogP contribution in [0.4, 0.5) is 0 Å². The molecule has 0 unspecified atom stereocenters. The number of nitrogens with one attached hydrogen (secondary N) is 1. The second kappa shape index (κ2) is 5.42. The third-order valence-electron chi connectivity index (χ3n) is 2.29. The lowest BCUT2D eigenvalue weighted by Gasteiger charge is -2.06. The molecule has 1 N–H and O–H groups in total. The Bertz CT molecular complexity index is 561. The summed E-state index contributed by atoms with van der Waals surface area (Å²) in [6.45, 7) is 2.04. The molecule has 0 aliphatic heterocycles. The highest BCUT2D eigenvalue weighted by Crippen LogP contribution is 2.24. The largest absolute Gasteiger partial charge is 0.359 e. The number of rotatable bonds is 3. The summed E-state index contributed by atoms with van der Waals surface area (Å²) in [6.07, 6.45) is 0. The lowest BCUT2D eigenvalue weighted by Crippen LogP contribution is -2.23. The molecule has 4 nitrogen and oxygen atoms in total. The van der Waals surface area contributed by atoms with Crippen molar-refractivity contribution >= 4 is 29.1 Å². The Hall–Kier alpha value is -1.52. The number of nitrogens with zero attached hydrogens (tertiary/aromatic N) is 1. The van der Waals surface area contributed by atoms with E-state index in [1.807, 2.05) is 0 Å². The van der Waals surface area contributed by atoms with Crippen molar-refractivity contribution in [1.82, 2.24) is 10.5 Å². The SMILES string of the molecule is Cc1cc(CNC(=O)c2c(Cl)cccc2Cl)on1. The summed E-state index contributed by atoms with van der Waals surface area (Å²) in [6, 6.07) is 6.65. The fourth-order valence-corrected chi connectivity index (χ4v) is 2.04. The van der Waals surface area contributed by atoms with Gasteiger partial charge in [-0.1, -0.05) is 34.4 Å². The molecule has 0 atom stereocenters. The molecule has 0 bridgehead atoms. The topological polar surface area (TPSA) is 55.1 Å². The van der Waals surface area contributed by atoms with Gasteiger partial charge in [-0.15, -0.1) is 0 Å². The van der Waals surface area contributed by atoms with Crippen molar-refractivity contribution in [3.8, 4) is 0 Å². The number of halogens is 2. The van der Waals surface area contributed by atoms with Gasteiger partial charge < -0.3 is 9.84 Å². The number of hydrogen-bond donors (Lipinski definition) is 1. The van der Waals surface area contributed by atoms with Crippen molar-refractivity contribution in [1.29, 1.82) is 0 Å². The molecular formula is C12H10Cl2N2O2. The van der Waals surface area contributed by atoms with Gasteiger partial charge in [0.2, 0.25) is 0 Å². The zero-order valence-corrected chi connectivity index (χ0v) is 11.0. The molecule has 1 aromatic carbocycles. The van der Waals surface area contributed by atoms with E-state index in [-0.39, 0.29) is 18.0 Å². The van der Waals surface area contributed by atoms with E-state index in [0.29, 0.717) is 15.8 Å². The molecule has 0 radical (unpaired) electrons. The van der Waals surface area contributed by atoms with E-state index in [1.165, 1.54) is 0 Å². The predicted octanol–water partition coefficient (Wildman–Crippen LogP) is 3.22. The quantitative estimate of drug-likeness (QED) is 0.942. The number of benzene rings is 1. The minimum Gasteiger partial charge on any atom is -0.359 e. The molecule has 6 heteroatoms. The van der Waals surface area contributed by atoms with Crippen LogP contribution in [0.3, 0.4) is 0 Å². The highest BCUT2D eigenvalue weighted by atomic mass is 35.5. The zero-order valence-electron chi connectivity index (χ0n) is 9.54. The van der Waals surface area contributed by atoms with Crippen molar-refractivity contribution in [2.24, 2.45) is 0 Å². The van der Waals surface area contributed by atoms with Crippen molar-refractivity contribution in [2.45, 2.75) is 13.5 Å². The van der Waals surface area contributed by atoms with Crippen LogP contribution in [0.25, 0.3) is 0 Å². The summed E-state index contributed by atoms with van der Waals surface area (Å²) in [5.74, 6) is 0.226. The molecule has 2 aromatic rings. The van der Waals surface area contributed by atoms with E-state index in [1.54, 1.807) is 31.2 Å². The summed E-state index contributed by atoms with van der Waals surface area (Å²) < 4.78 is 4.98. The van der Waals surface area contributed by atoms with E-state index >= 15 is 0 Å². The summed E-state index contributed by atoms with van der Waals surface area (Å²) >= 11 is 11.9. The van der Waals surface area contributed by atoms with Crippen molar-refractivity contribution in [2.75, 3.05) is 0 Å². The molecule has 1 heterocycles. The third-order valence-corrected chi connectivity index (χ3v) is 2.92. The van der Waals surface area contributed by atoms with Gasteiger partial charge in [-0.25, -0.2) is 0 Å². The van der Waals surface area contributed by atoms with E-state index in [2.05, 4.69) is 10.5 Å². The van der Waals surface area contributed by atoms with Crippen LogP contribution in [0.15, 0.2) is 28.8 Å². The molecule has 18 heavy (non-hydrogen) atoms. The first kappa shape index (κ1) is 12.9. The van der Waals surface area contributed by atoms with Crippen LogP contribution in [0, 0.1) is 6.92 Å². The van der Waals surface area contributed by atoms with Crippen LogP contribution in [-0.4, -0.2) is 11.1 Å². The van der Waals surface area contributed by atoms with Gasteiger partial charge in [0, 0.05) is 6.07 Å². The van der Waals surface area contributed by atoms with Gasteiger partial charge >= 0.3 is 0 Å². The van der Waals surface area contributed by atoms with Crippen molar-refractivity contribution < 1.29 is 9.32 Å².